The lowest BCUT2D eigenvalue weighted by molar-refractivity contribution is 0.101. The minimum atomic E-state index is -0.288. The summed E-state index contributed by atoms with van der Waals surface area (Å²) in [5.41, 5.74) is 1.82. The van der Waals surface area contributed by atoms with E-state index in [4.69, 9.17) is 4.74 Å². The quantitative estimate of drug-likeness (QED) is 0.862. The van der Waals surface area contributed by atoms with E-state index in [1.807, 2.05) is 23.1 Å². The molecule has 0 radical (unpaired) electrons. The van der Waals surface area contributed by atoms with Crippen molar-refractivity contribution in [2.24, 2.45) is 0 Å². The maximum Gasteiger partial charge on any atom is 0.181 e. The lowest BCUT2D eigenvalue weighted by atomic mass is 10.1. The summed E-state index contributed by atoms with van der Waals surface area (Å²) in [5, 5.41) is 2.98. The van der Waals surface area contributed by atoms with Gasteiger partial charge in [0, 0.05) is 24.3 Å². The number of anilines is 2. The highest BCUT2D eigenvalue weighted by Gasteiger charge is 2.15. The molecule has 0 aliphatic carbocycles. The van der Waals surface area contributed by atoms with E-state index in [9.17, 15) is 9.18 Å². The molecule has 0 spiro atoms. The van der Waals surface area contributed by atoms with E-state index in [1.54, 1.807) is 24.3 Å². The Hall–Kier alpha value is -2.40. The van der Waals surface area contributed by atoms with Crippen molar-refractivity contribution >= 4 is 17.2 Å². The van der Waals surface area contributed by atoms with Crippen molar-refractivity contribution in [3.05, 3.63) is 59.9 Å². The van der Waals surface area contributed by atoms with Crippen molar-refractivity contribution in [3.8, 4) is 0 Å². The Morgan fingerprint density at radius 2 is 1.87 bits per heavy atom. The zero-order chi connectivity index (χ0) is 16.1. The largest absolute Gasteiger partial charge is 0.378 e. The van der Waals surface area contributed by atoms with E-state index < -0.39 is 0 Å². The number of benzene rings is 2. The molecule has 1 saturated heterocycles. The van der Waals surface area contributed by atoms with Gasteiger partial charge < -0.3 is 15.0 Å². The van der Waals surface area contributed by atoms with Crippen LogP contribution in [0.3, 0.4) is 0 Å². The van der Waals surface area contributed by atoms with Crippen LogP contribution in [0.15, 0.2) is 48.5 Å². The minimum Gasteiger partial charge on any atom is -0.378 e. The van der Waals surface area contributed by atoms with E-state index in [2.05, 4.69) is 5.32 Å². The maximum absolute atomic E-state index is 14.3. The first kappa shape index (κ1) is 15.5. The van der Waals surface area contributed by atoms with Gasteiger partial charge in [-0.1, -0.05) is 30.3 Å². The Labute approximate surface area is 134 Å². The van der Waals surface area contributed by atoms with Crippen molar-refractivity contribution in [2.75, 3.05) is 43.1 Å². The molecule has 23 heavy (non-hydrogen) atoms. The number of carbonyl (C=O) groups is 1. The highest BCUT2D eigenvalue weighted by atomic mass is 19.1. The van der Waals surface area contributed by atoms with Crippen LogP contribution in [0.2, 0.25) is 0 Å². The third kappa shape index (κ3) is 3.87. The fourth-order valence-corrected chi connectivity index (χ4v) is 2.59. The van der Waals surface area contributed by atoms with Gasteiger partial charge in [-0.2, -0.15) is 0 Å². The van der Waals surface area contributed by atoms with Gasteiger partial charge in [0.05, 0.1) is 25.4 Å². The average Bonchev–Trinajstić information content (AvgIpc) is 2.61. The van der Waals surface area contributed by atoms with E-state index >= 15 is 0 Å². The molecule has 1 aliphatic heterocycles. The molecule has 0 unspecified atom stereocenters. The maximum atomic E-state index is 14.3. The molecule has 1 N–H and O–H groups in total. The number of nitrogens with one attached hydrogen (secondary N) is 1. The van der Waals surface area contributed by atoms with Crippen molar-refractivity contribution in [1.82, 2.24) is 0 Å². The summed E-state index contributed by atoms with van der Waals surface area (Å²) >= 11 is 0. The van der Waals surface area contributed by atoms with Gasteiger partial charge in [0.2, 0.25) is 0 Å². The van der Waals surface area contributed by atoms with E-state index in [1.165, 1.54) is 6.07 Å². The third-order valence-corrected chi connectivity index (χ3v) is 3.85. The van der Waals surface area contributed by atoms with Crippen molar-refractivity contribution in [2.45, 2.75) is 0 Å². The number of rotatable bonds is 5. The molecule has 1 aliphatic rings. The van der Waals surface area contributed by atoms with Gasteiger partial charge in [-0.25, -0.2) is 4.39 Å². The van der Waals surface area contributed by atoms with E-state index in [0.29, 0.717) is 43.2 Å². The molecule has 0 saturated carbocycles. The van der Waals surface area contributed by atoms with Crippen molar-refractivity contribution in [3.63, 3.8) is 0 Å². The number of hydrogen-bond acceptors (Lipinski definition) is 4. The second-order valence-electron chi connectivity index (χ2n) is 5.41. The summed E-state index contributed by atoms with van der Waals surface area (Å²) in [4.78, 5) is 14.0. The smallest absolute Gasteiger partial charge is 0.181 e. The number of Topliss-reactive ketones (excluding diaryl/α,β-unsaturated/α-hetero) is 1. The number of halogens is 1. The molecule has 4 nitrogen and oxygen atoms in total. The van der Waals surface area contributed by atoms with Crippen molar-refractivity contribution in [1.29, 1.82) is 0 Å². The number of carbonyl (C=O) groups excluding carboxylic acids is 1. The minimum absolute atomic E-state index is 0.0248. The number of nitrogens with zero attached hydrogens (tertiary/aromatic N) is 1. The SMILES string of the molecule is O=C(CNc1ccc(N2CCOCC2)c(F)c1)c1ccccc1. The fraction of sp³-hybridized carbons (Fsp3) is 0.278. The average molecular weight is 314 g/mol. The molecule has 0 bridgehead atoms. The molecule has 0 atom stereocenters. The van der Waals surface area contributed by atoms with Crippen LogP contribution >= 0.6 is 0 Å². The zero-order valence-electron chi connectivity index (χ0n) is 12.8. The molecule has 1 heterocycles. The molecular weight excluding hydrogens is 295 g/mol. The first-order chi connectivity index (χ1) is 11.2. The van der Waals surface area contributed by atoms with Gasteiger partial charge >= 0.3 is 0 Å². The Morgan fingerprint density at radius 3 is 2.57 bits per heavy atom. The molecule has 3 rings (SSSR count). The Kier molecular flexibility index (Phi) is 4.88. The summed E-state index contributed by atoms with van der Waals surface area (Å²) in [6, 6.07) is 14.0. The zero-order valence-corrected chi connectivity index (χ0v) is 12.8. The van der Waals surface area contributed by atoms with E-state index in [-0.39, 0.29) is 18.1 Å². The Bertz CT molecular complexity index is 670. The first-order valence-corrected chi connectivity index (χ1v) is 7.68. The Balaban J connectivity index is 1.63. The topological polar surface area (TPSA) is 41.6 Å². The number of morpholine rings is 1. The van der Waals surface area contributed by atoms with Gasteiger partial charge in [0.1, 0.15) is 5.82 Å². The summed E-state index contributed by atoms with van der Waals surface area (Å²) in [7, 11) is 0. The second-order valence-corrected chi connectivity index (χ2v) is 5.41. The molecule has 0 aromatic heterocycles. The molecular formula is C18H19FN2O2. The van der Waals surface area contributed by atoms with Gasteiger partial charge in [-0.3, -0.25) is 4.79 Å². The second kappa shape index (κ2) is 7.24. The normalized spacial score (nSPS) is 14.6. The van der Waals surface area contributed by atoms with Crippen LogP contribution in [-0.4, -0.2) is 38.6 Å². The standard InChI is InChI=1S/C18H19FN2O2/c19-16-12-15(6-7-17(16)21-8-10-23-11-9-21)20-13-18(22)14-4-2-1-3-5-14/h1-7,12,20H,8-11,13H2. The van der Waals surface area contributed by atoms with Crippen LogP contribution < -0.4 is 10.2 Å². The van der Waals surface area contributed by atoms with Gasteiger partial charge in [-0.15, -0.1) is 0 Å². The predicted octanol–water partition coefficient (Wildman–Crippen LogP) is 2.96. The number of hydrogen-bond donors (Lipinski definition) is 1. The number of ketones is 1. The summed E-state index contributed by atoms with van der Waals surface area (Å²) in [6.07, 6.45) is 0. The summed E-state index contributed by atoms with van der Waals surface area (Å²) in [5.74, 6) is -0.313. The molecule has 2 aromatic rings. The first-order valence-electron chi connectivity index (χ1n) is 7.68. The summed E-state index contributed by atoms with van der Waals surface area (Å²) in [6.45, 7) is 2.75. The number of ether oxygens (including phenoxy) is 1. The van der Waals surface area contributed by atoms with Gasteiger partial charge in [0.15, 0.2) is 5.78 Å². The molecule has 2 aromatic carbocycles. The molecule has 1 fully saturated rings. The lowest BCUT2D eigenvalue weighted by Gasteiger charge is -2.29. The molecule has 0 amide bonds. The van der Waals surface area contributed by atoms with E-state index in [0.717, 1.165) is 0 Å². The third-order valence-electron chi connectivity index (χ3n) is 3.85. The summed E-state index contributed by atoms with van der Waals surface area (Å²) < 4.78 is 19.6. The van der Waals surface area contributed by atoms with Crippen LogP contribution in [0.5, 0.6) is 0 Å². The monoisotopic (exact) mass is 314 g/mol. The highest BCUT2D eigenvalue weighted by Crippen LogP contribution is 2.23. The fourth-order valence-electron chi connectivity index (χ4n) is 2.59. The molecule has 120 valence electrons. The van der Waals surface area contributed by atoms with Crippen LogP contribution in [0.4, 0.5) is 15.8 Å². The van der Waals surface area contributed by atoms with Gasteiger partial charge in [0.25, 0.3) is 0 Å². The lowest BCUT2D eigenvalue weighted by Crippen LogP contribution is -2.36. The predicted molar refractivity (Wildman–Crippen MR) is 88.7 cm³/mol. The van der Waals surface area contributed by atoms with Crippen LogP contribution in [0.25, 0.3) is 0 Å². The van der Waals surface area contributed by atoms with Crippen LogP contribution in [0, 0.1) is 5.82 Å². The Morgan fingerprint density at radius 1 is 1.13 bits per heavy atom. The van der Waals surface area contributed by atoms with Crippen LogP contribution in [-0.2, 0) is 4.74 Å². The van der Waals surface area contributed by atoms with Crippen molar-refractivity contribution < 1.29 is 13.9 Å². The highest BCUT2D eigenvalue weighted by molar-refractivity contribution is 5.98. The van der Waals surface area contributed by atoms with Crippen LogP contribution in [0.1, 0.15) is 10.4 Å². The molecule has 5 heteroatoms. The van der Waals surface area contributed by atoms with Gasteiger partial charge in [-0.05, 0) is 18.2 Å².